The molecule has 0 bridgehead atoms. The number of unbranched alkanes of at least 4 members (excludes halogenated alkanes) is 1. The van der Waals surface area contributed by atoms with E-state index in [-0.39, 0.29) is 19.6 Å². The van der Waals surface area contributed by atoms with Gasteiger partial charge in [0.2, 0.25) is 0 Å². The Morgan fingerprint density at radius 1 is 1.10 bits per heavy atom. The Balaban J connectivity index is 5.03. The summed E-state index contributed by atoms with van der Waals surface area (Å²) in [5.74, 6) is -1.29. The third-order valence-electron chi connectivity index (χ3n) is 2.46. The van der Waals surface area contributed by atoms with Crippen molar-refractivity contribution >= 4 is 18.2 Å². The fraction of sp³-hybridized carbons (Fsp3) is 0.750. The summed E-state index contributed by atoms with van der Waals surface area (Å²) in [4.78, 5) is 35.3. The van der Waals surface area contributed by atoms with Crippen LogP contribution in [0.5, 0.6) is 0 Å². The molecule has 0 rings (SSSR count). The van der Waals surface area contributed by atoms with Crippen LogP contribution in [0.3, 0.4) is 0 Å². The molecule has 20 heavy (non-hydrogen) atoms. The smallest absolute Gasteiger partial charge is 0.420 e. The monoisotopic (exact) mass is 290 g/mol. The molecule has 1 unspecified atom stereocenters. The van der Waals surface area contributed by atoms with Crippen LogP contribution in [0.25, 0.3) is 0 Å². The molecule has 1 atom stereocenters. The van der Waals surface area contributed by atoms with Gasteiger partial charge in [0.1, 0.15) is 6.04 Å². The molecule has 0 fully saturated rings. The van der Waals surface area contributed by atoms with Crippen molar-refractivity contribution in [1.29, 1.82) is 0 Å². The molecule has 0 aromatic rings. The van der Waals surface area contributed by atoms with Crippen LogP contribution in [0.1, 0.15) is 33.1 Å². The van der Waals surface area contributed by atoms with E-state index < -0.39 is 24.2 Å². The molecule has 116 valence electrons. The standard InChI is InChI=1S/C12H22N2O6/c1-3-19-11(17)14(12(18)20-4-2)9(10(15)16)7-5-6-8-13/h9H,3-8,13H2,1-2H3,(H,15,16). The fourth-order valence-electron chi connectivity index (χ4n) is 1.56. The molecular weight excluding hydrogens is 268 g/mol. The third-order valence-corrected chi connectivity index (χ3v) is 2.46. The molecule has 0 aliphatic heterocycles. The number of hydrogen-bond donors (Lipinski definition) is 2. The molecule has 0 aromatic carbocycles. The lowest BCUT2D eigenvalue weighted by molar-refractivity contribution is -0.142. The number of carbonyl (C=O) groups excluding carboxylic acids is 2. The number of aliphatic carboxylic acids is 1. The van der Waals surface area contributed by atoms with E-state index in [1.165, 1.54) is 0 Å². The van der Waals surface area contributed by atoms with Gasteiger partial charge in [0.25, 0.3) is 0 Å². The van der Waals surface area contributed by atoms with Gasteiger partial charge in [-0.1, -0.05) is 0 Å². The second-order valence-electron chi connectivity index (χ2n) is 3.91. The molecule has 8 nitrogen and oxygen atoms in total. The van der Waals surface area contributed by atoms with Crippen molar-refractivity contribution in [1.82, 2.24) is 4.90 Å². The highest BCUT2D eigenvalue weighted by molar-refractivity contribution is 5.93. The highest BCUT2D eigenvalue weighted by Gasteiger charge is 2.36. The van der Waals surface area contributed by atoms with Crippen molar-refractivity contribution in [3.63, 3.8) is 0 Å². The van der Waals surface area contributed by atoms with Gasteiger partial charge in [-0.3, -0.25) is 0 Å². The first-order valence-corrected chi connectivity index (χ1v) is 6.55. The first-order chi connectivity index (χ1) is 9.49. The van der Waals surface area contributed by atoms with E-state index in [9.17, 15) is 19.5 Å². The minimum atomic E-state index is -1.32. The minimum Gasteiger partial charge on any atom is -0.480 e. The molecular formula is C12H22N2O6. The van der Waals surface area contributed by atoms with Gasteiger partial charge < -0.3 is 20.3 Å². The molecule has 0 radical (unpaired) electrons. The third kappa shape index (κ3) is 5.87. The van der Waals surface area contributed by atoms with Crippen LogP contribution < -0.4 is 5.73 Å². The number of amides is 2. The first kappa shape index (κ1) is 18.2. The summed E-state index contributed by atoms with van der Waals surface area (Å²) >= 11 is 0. The van der Waals surface area contributed by atoms with Crippen molar-refractivity contribution in [3.05, 3.63) is 0 Å². The number of hydrogen-bond acceptors (Lipinski definition) is 6. The molecule has 0 heterocycles. The van der Waals surface area contributed by atoms with E-state index in [0.717, 1.165) is 0 Å². The summed E-state index contributed by atoms with van der Waals surface area (Å²) in [6.45, 7) is 3.59. The Hall–Kier alpha value is -1.83. The Bertz CT molecular complexity index is 316. The summed E-state index contributed by atoms with van der Waals surface area (Å²) in [5, 5.41) is 9.19. The molecule has 0 aromatic heterocycles. The van der Waals surface area contributed by atoms with Crippen LogP contribution in [0.2, 0.25) is 0 Å². The lowest BCUT2D eigenvalue weighted by Gasteiger charge is -2.25. The number of carbonyl (C=O) groups is 3. The quantitative estimate of drug-likeness (QED) is 0.644. The zero-order chi connectivity index (χ0) is 15.5. The zero-order valence-electron chi connectivity index (χ0n) is 11.8. The molecule has 3 N–H and O–H groups in total. The molecule has 8 heteroatoms. The van der Waals surface area contributed by atoms with E-state index >= 15 is 0 Å². The van der Waals surface area contributed by atoms with Crippen LogP contribution in [-0.2, 0) is 14.3 Å². The van der Waals surface area contributed by atoms with Crippen LogP contribution in [0, 0.1) is 0 Å². The molecule has 0 aliphatic rings. The highest BCUT2D eigenvalue weighted by Crippen LogP contribution is 2.13. The van der Waals surface area contributed by atoms with Crippen LogP contribution in [0.4, 0.5) is 9.59 Å². The number of carboxylic acid groups (broad SMARTS) is 1. The van der Waals surface area contributed by atoms with Crippen molar-refractivity contribution in [3.8, 4) is 0 Å². The molecule has 0 saturated carbocycles. The minimum absolute atomic E-state index is 0.0316. The number of nitrogens with zero attached hydrogens (tertiary/aromatic N) is 1. The predicted molar refractivity (Wildman–Crippen MR) is 70.2 cm³/mol. The van der Waals surface area contributed by atoms with Crippen molar-refractivity contribution in [2.24, 2.45) is 5.73 Å². The Kier molecular flexibility index (Phi) is 9.10. The van der Waals surface area contributed by atoms with Gasteiger partial charge in [0, 0.05) is 0 Å². The summed E-state index contributed by atoms with van der Waals surface area (Å²) in [5.41, 5.74) is 5.34. The molecule has 0 saturated heterocycles. The topological polar surface area (TPSA) is 119 Å². The van der Waals surface area contributed by atoms with Crippen molar-refractivity contribution in [2.45, 2.75) is 39.2 Å². The maximum atomic E-state index is 11.8. The van der Waals surface area contributed by atoms with Gasteiger partial charge in [0.15, 0.2) is 0 Å². The first-order valence-electron chi connectivity index (χ1n) is 6.55. The summed E-state index contributed by atoms with van der Waals surface area (Å²) in [6, 6.07) is -1.32. The Morgan fingerprint density at radius 3 is 1.95 bits per heavy atom. The van der Waals surface area contributed by atoms with Gasteiger partial charge in [-0.2, -0.15) is 4.90 Å². The van der Waals surface area contributed by atoms with Crippen molar-refractivity contribution < 1.29 is 29.0 Å². The summed E-state index contributed by atoms with van der Waals surface area (Å²) < 4.78 is 9.41. The van der Waals surface area contributed by atoms with Crippen LogP contribution in [0.15, 0.2) is 0 Å². The predicted octanol–water partition coefficient (Wildman–Crippen LogP) is 1.18. The van der Waals surface area contributed by atoms with Gasteiger partial charge in [-0.25, -0.2) is 14.4 Å². The van der Waals surface area contributed by atoms with E-state index in [1.807, 2.05) is 0 Å². The second kappa shape index (κ2) is 10.0. The normalized spacial score (nSPS) is 11.6. The molecule has 0 aliphatic carbocycles. The number of nitrogens with two attached hydrogens (primary N) is 1. The summed E-state index contributed by atoms with van der Waals surface area (Å²) in [6.07, 6.45) is -0.867. The van der Waals surface area contributed by atoms with E-state index in [0.29, 0.717) is 24.3 Å². The van der Waals surface area contributed by atoms with Crippen LogP contribution >= 0.6 is 0 Å². The SMILES string of the molecule is CCOC(=O)N(C(=O)OCC)C(CCCCN)C(=O)O. The number of carboxylic acids is 1. The van der Waals surface area contributed by atoms with E-state index in [1.54, 1.807) is 13.8 Å². The van der Waals surface area contributed by atoms with Crippen LogP contribution in [-0.4, -0.2) is 54.0 Å². The number of ether oxygens (including phenoxy) is 2. The molecule has 2 amide bonds. The lowest BCUT2D eigenvalue weighted by atomic mass is 10.1. The summed E-state index contributed by atoms with van der Waals surface area (Å²) in [7, 11) is 0. The lowest BCUT2D eigenvalue weighted by Crippen LogP contribution is -2.49. The van der Waals surface area contributed by atoms with Gasteiger partial charge >= 0.3 is 18.2 Å². The average molecular weight is 290 g/mol. The fourth-order valence-corrected chi connectivity index (χ4v) is 1.56. The second-order valence-corrected chi connectivity index (χ2v) is 3.91. The van der Waals surface area contributed by atoms with E-state index in [2.05, 4.69) is 0 Å². The van der Waals surface area contributed by atoms with Crippen molar-refractivity contribution in [2.75, 3.05) is 19.8 Å². The zero-order valence-corrected chi connectivity index (χ0v) is 11.8. The number of imide groups is 1. The molecule has 0 spiro atoms. The van der Waals surface area contributed by atoms with Gasteiger partial charge in [-0.05, 0) is 39.7 Å². The Morgan fingerprint density at radius 2 is 1.60 bits per heavy atom. The Labute approximate surface area is 117 Å². The van der Waals surface area contributed by atoms with Gasteiger partial charge in [-0.15, -0.1) is 0 Å². The maximum absolute atomic E-state index is 11.8. The highest BCUT2D eigenvalue weighted by atomic mass is 16.6. The maximum Gasteiger partial charge on any atom is 0.420 e. The number of rotatable bonds is 8. The average Bonchev–Trinajstić information content (AvgIpc) is 2.38. The van der Waals surface area contributed by atoms with E-state index in [4.69, 9.17) is 15.2 Å². The van der Waals surface area contributed by atoms with Gasteiger partial charge in [0.05, 0.1) is 13.2 Å². The largest absolute Gasteiger partial charge is 0.480 e.